The van der Waals surface area contributed by atoms with Gasteiger partial charge in [0.15, 0.2) is 17.5 Å². The van der Waals surface area contributed by atoms with Gasteiger partial charge in [0.1, 0.15) is 0 Å². The molecule has 0 unspecified atom stereocenters. The Kier molecular flexibility index (Phi) is 9.14. The van der Waals surface area contributed by atoms with Crippen molar-refractivity contribution in [2.45, 2.75) is 0 Å². The van der Waals surface area contributed by atoms with Crippen molar-refractivity contribution in [1.29, 1.82) is 0 Å². The monoisotopic (exact) mass is 778 g/mol. The first-order valence-electron chi connectivity index (χ1n) is 20.6. The largest absolute Gasteiger partial charge is 0.309 e. The quantitative estimate of drug-likeness (QED) is 0.154. The maximum absolute atomic E-state index is 5.09. The summed E-state index contributed by atoms with van der Waals surface area (Å²) in [7, 11) is 0. The van der Waals surface area contributed by atoms with E-state index in [1.165, 1.54) is 38.6 Å². The predicted molar refractivity (Wildman–Crippen MR) is 252 cm³/mol. The van der Waals surface area contributed by atoms with E-state index in [0.29, 0.717) is 17.5 Å². The molecule has 2 aromatic heterocycles. The van der Waals surface area contributed by atoms with Crippen molar-refractivity contribution < 1.29 is 0 Å². The van der Waals surface area contributed by atoms with E-state index >= 15 is 0 Å². The minimum atomic E-state index is 0.621. The standard InChI is InChI=1S/C57H38N4/c1-5-16-39(17-6-1)40-28-30-41(31-29-40)45-24-15-25-46(36-45)47-32-34-50-49-26-13-14-27-52(49)61(54(50)38-47)53-35-33-48(37-51(53)42-18-7-2-8-19-42)57-59-55(43-20-9-3-10-21-43)58-56(60-57)44-22-11-4-12-23-44/h1-38H. The van der Waals surface area contributed by atoms with Gasteiger partial charge in [-0.25, -0.2) is 15.0 Å². The number of fused-ring (bicyclic) bond motifs is 3. The van der Waals surface area contributed by atoms with Crippen molar-refractivity contribution in [2.75, 3.05) is 0 Å². The summed E-state index contributed by atoms with van der Waals surface area (Å²) in [4.78, 5) is 15.1. The molecule has 4 heteroatoms. The molecule has 0 N–H and O–H groups in total. The van der Waals surface area contributed by atoms with E-state index in [0.717, 1.165) is 50.1 Å². The van der Waals surface area contributed by atoms with Crippen LogP contribution in [0.5, 0.6) is 0 Å². The molecule has 0 spiro atoms. The zero-order valence-corrected chi connectivity index (χ0v) is 33.2. The highest BCUT2D eigenvalue weighted by Gasteiger charge is 2.19. The molecule has 61 heavy (non-hydrogen) atoms. The lowest BCUT2D eigenvalue weighted by molar-refractivity contribution is 1.07. The maximum atomic E-state index is 5.09. The van der Waals surface area contributed by atoms with Crippen LogP contribution >= 0.6 is 0 Å². The fourth-order valence-electron chi connectivity index (χ4n) is 8.43. The van der Waals surface area contributed by atoms with Gasteiger partial charge in [0, 0.05) is 33.0 Å². The summed E-state index contributed by atoms with van der Waals surface area (Å²) >= 11 is 0. The van der Waals surface area contributed by atoms with Gasteiger partial charge in [-0.3, -0.25) is 0 Å². The second-order valence-electron chi connectivity index (χ2n) is 15.2. The Labute approximate surface area is 354 Å². The molecular weight excluding hydrogens is 741 g/mol. The third-order valence-corrected chi connectivity index (χ3v) is 11.5. The van der Waals surface area contributed by atoms with Crippen molar-refractivity contribution in [3.8, 4) is 84.4 Å². The van der Waals surface area contributed by atoms with Crippen molar-refractivity contribution in [2.24, 2.45) is 0 Å². The summed E-state index contributed by atoms with van der Waals surface area (Å²) in [6, 6.07) is 81.4. The zero-order valence-electron chi connectivity index (χ0n) is 33.2. The molecule has 11 aromatic rings. The molecule has 286 valence electrons. The third kappa shape index (κ3) is 6.86. The molecule has 11 rings (SSSR count). The summed E-state index contributed by atoms with van der Waals surface area (Å²) in [6.45, 7) is 0. The first-order valence-corrected chi connectivity index (χ1v) is 20.6. The Bertz CT molecular complexity index is 3260. The molecule has 0 aliphatic carbocycles. The molecule has 0 radical (unpaired) electrons. The van der Waals surface area contributed by atoms with Gasteiger partial charge in [-0.1, -0.05) is 194 Å². The van der Waals surface area contributed by atoms with Gasteiger partial charge in [-0.2, -0.15) is 0 Å². The molecule has 0 aliphatic heterocycles. The molecule has 0 saturated carbocycles. The Hall–Kier alpha value is -8.21. The van der Waals surface area contributed by atoms with Gasteiger partial charge in [0.25, 0.3) is 0 Å². The van der Waals surface area contributed by atoms with Crippen molar-refractivity contribution >= 4 is 21.8 Å². The molecule has 9 aromatic carbocycles. The van der Waals surface area contributed by atoms with Crippen LogP contribution in [0, 0.1) is 0 Å². The van der Waals surface area contributed by atoms with E-state index in [1.807, 2.05) is 60.7 Å². The fraction of sp³-hybridized carbons (Fsp3) is 0. The molecule has 0 fully saturated rings. The Balaban J connectivity index is 1.06. The SMILES string of the molecule is c1ccc(-c2ccc(-c3cccc(-c4ccc5c6ccccc6n(-c6ccc(-c7nc(-c8ccccc8)nc(-c8ccccc8)n7)cc6-c6ccccc6)c5c4)c3)cc2)cc1. The fourth-order valence-corrected chi connectivity index (χ4v) is 8.43. The second kappa shape index (κ2) is 15.5. The number of para-hydroxylation sites is 1. The Morgan fingerprint density at radius 1 is 0.246 bits per heavy atom. The highest BCUT2D eigenvalue weighted by atomic mass is 15.0. The topological polar surface area (TPSA) is 43.6 Å². The van der Waals surface area contributed by atoms with Crippen molar-refractivity contribution in [3.63, 3.8) is 0 Å². The minimum absolute atomic E-state index is 0.621. The van der Waals surface area contributed by atoms with Crippen molar-refractivity contribution in [3.05, 3.63) is 231 Å². The highest BCUT2D eigenvalue weighted by molar-refractivity contribution is 6.11. The van der Waals surface area contributed by atoms with Crippen LogP contribution in [0.15, 0.2) is 231 Å². The van der Waals surface area contributed by atoms with E-state index in [1.54, 1.807) is 0 Å². The summed E-state index contributed by atoms with van der Waals surface area (Å²) in [5.41, 5.74) is 15.5. The van der Waals surface area contributed by atoms with E-state index in [2.05, 4.69) is 174 Å². The van der Waals surface area contributed by atoms with Crippen LogP contribution in [-0.2, 0) is 0 Å². The zero-order chi connectivity index (χ0) is 40.5. The van der Waals surface area contributed by atoms with Crippen LogP contribution < -0.4 is 0 Å². The van der Waals surface area contributed by atoms with E-state index in [-0.39, 0.29) is 0 Å². The van der Waals surface area contributed by atoms with Crippen molar-refractivity contribution in [1.82, 2.24) is 19.5 Å². The lowest BCUT2D eigenvalue weighted by Gasteiger charge is -2.16. The van der Waals surface area contributed by atoms with Crippen LogP contribution in [-0.4, -0.2) is 19.5 Å². The minimum Gasteiger partial charge on any atom is -0.309 e. The van der Waals surface area contributed by atoms with Crippen LogP contribution in [0.3, 0.4) is 0 Å². The molecule has 4 nitrogen and oxygen atoms in total. The number of benzene rings is 9. The summed E-state index contributed by atoms with van der Waals surface area (Å²) < 4.78 is 2.42. The predicted octanol–water partition coefficient (Wildman–Crippen LogP) is 14.6. The van der Waals surface area contributed by atoms with Gasteiger partial charge in [-0.05, 0) is 75.3 Å². The maximum Gasteiger partial charge on any atom is 0.164 e. The Morgan fingerprint density at radius 2 is 0.656 bits per heavy atom. The molecule has 0 bridgehead atoms. The van der Waals surface area contributed by atoms with E-state index < -0.39 is 0 Å². The smallest absolute Gasteiger partial charge is 0.164 e. The van der Waals surface area contributed by atoms with Crippen LogP contribution in [0.4, 0.5) is 0 Å². The Morgan fingerprint density at radius 3 is 1.28 bits per heavy atom. The number of aromatic nitrogens is 4. The molecule has 0 amide bonds. The number of hydrogen-bond donors (Lipinski definition) is 0. The lowest BCUT2D eigenvalue weighted by atomic mass is 9.96. The average molecular weight is 779 g/mol. The molecular formula is C57H38N4. The third-order valence-electron chi connectivity index (χ3n) is 11.5. The van der Waals surface area contributed by atoms with Crippen LogP contribution in [0.2, 0.25) is 0 Å². The molecule has 0 atom stereocenters. The molecule has 0 saturated heterocycles. The number of hydrogen-bond acceptors (Lipinski definition) is 3. The van der Waals surface area contributed by atoms with Gasteiger partial charge < -0.3 is 4.57 Å². The number of rotatable bonds is 8. The molecule has 2 heterocycles. The first-order chi connectivity index (χ1) is 30.2. The van der Waals surface area contributed by atoms with Crippen LogP contribution in [0.1, 0.15) is 0 Å². The molecule has 0 aliphatic rings. The summed E-state index contributed by atoms with van der Waals surface area (Å²) in [6.07, 6.45) is 0. The van der Waals surface area contributed by atoms with Crippen LogP contribution in [0.25, 0.3) is 106 Å². The average Bonchev–Trinajstić information content (AvgIpc) is 3.68. The number of nitrogens with zero attached hydrogens (tertiary/aromatic N) is 4. The van der Waals surface area contributed by atoms with Gasteiger partial charge >= 0.3 is 0 Å². The normalized spacial score (nSPS) is 11.3. The first kappa shape index (κ1) is 35.9. The second-order valence-corrected chi connectivity index (χ2v) is 15.2. The highest BCUT2D eigenvalue weighted by Crippen LogP contribution is 2.40. The van der Waals surface area contributed by atoms with Gasteiger partial charge in [0.2, 0.25) is 0 Å². The van der Waals surface area contributed by atoms with Gasteiger partial charge in [0.05, 0.1) is 16.7 Å². The van der Waals surface area contributed by atoms with Gasteiger partial charge in [-0.15, -0.1) is 0 Å². The summed E-state index contributed by atoms with van der Waals surface area (Å²) in [5, 5.41) is 2.41. The van der Waals surface area contributed by atoms with E-state index in [4.69, 9.17) is 15.0 Å². The lowest BCUT2D eigenvalue weighted by Crippen LogP contribution is -2.02. The summed E-state index contributed by atoms with van der Waals surface area (Å²) in [5.74, 6) is 1.89. The van der Waals surface area contributed by atoms with E-state index in [9.17, 15) is 0 Å².